The van der Waals surface area contributed by atoms with Gasteiger partial charge in [0.25, 0.3) is 0 Å². The molecule has 0 saturated carbocycles. The minimum absolute atomic E-state index is 0.359. The fraction of sp³-hybridized carbons (Fsp3) is 0.0588. The third kappa shape index (κ3) is 3.04. The Balaban J connectivity index is 1.91. The van der Waals surface area contributed by atoms with Crippen molar-refractivity contribution in [1.29, 1.82) is 0 Å². The van der Waals surface area contributed by atoms with E-state index >= 15 is 0 Å². The first-order chi connectivity index (χ1) is 10.1. The Morgan fingerprint density at radius 2 is 1.81 bits per heavy atom. The molecule has 0 saturated heterocycles. The van der Waals surface area contributed by atoms with Crippen LogP contribution in [0.3, 0.4) is 0 Å². The highest BCUT2D eigenvalue weighted by Gasteiger charge is 2.08. The van der Waals surface area contributed by atoms with Crippen LogP contribution in [0.25, 0.3) is 10.8 Å². The highest BCUT2D eigenvalue weighted by Crippen LogP contribution is 2.32. The Hall–Kier alpha value is -1.58. The predicted molar refractivity (Wildman–Crippen MR) is 90.4 cm³/mol. The number of benzene rings is 3. The molecular weight excluding hydrogens is 353 g/mol. The molecule has 0 amide bonds. The van der Waals surface area contributed by atoms with Crippen LogP contribution in [0.1, 0.15) is 5.56 Å². The lowest BCUT2D eigenvalue weighted by molar-refractivity contribution is 0.627. The Morgan fingerprint density at radius 3 is 2.62 bits per heavy atom. The van der Waals surface area contributed by atoms with Gasteiger partial charge >= 0.3 is 0 Å². The smallest absolute Gasteiger partial charge is 0.125 e. The Kier molecular flexibility index (Phi) is 4.13. The van der Waals surface area contributed by atoms with E-state index in [1.165, 1.54) is 28.5 Å². The van der Waals surface area contributed by atoms with Crippen LogP contribution in [-0.4, -0.2) is 0 Å². The average Bonchev–Trinajstić information content (AvgIpc) is 2.46. The molecule has 0 aromatic heterocycles. The quantitative estimate of drug-likeness (QED) is 0.600. The molecule has 1 nitrogen and oxygen atoms in total. The van der Waals surface area contributed by atoms with Crippen LogP contribution in [0, 0.1) is 5.82 Å². The van der Waals surface area contributed by atoms with Crippen molar-refractivity contribution in [2.24, 2.45) is 0 Å². The van der Waals surface area contributed by atoms with Crippen LogP contribution in [0.5, 0.6) is 0 Å². The molecule has 0 unspecified atom stereocenters. The number of rotatable bonds is 3. The monoisotopic (exact) mass is 363 g/mol. The number of nitrogens with one attached hydrogen (secondary N) is 1. The molecule has 21 heavy (non-hydrogen) atoms. The molecule has 4 heteroatoms. The van der Waals surface area contributed by atoms with Crippen molar-refractivity contribution < 1.29 is 4.39 Å². The van der Waals surface area contributed by atoms with Crippen molar-refractivity contribution in [3.05, 3.63) is 75.5 Å². The van der Waals surface area contributed by atoms with Gasteiger partial charge in [0.2, 0.25) is 0 Å². The molecule has 0 atom stereocenters. The lowest BCUT2D eigenvalue weighted by atomic mass is 10.0. The maximum atomic E-state index is 13.2. The molecule has 0 aliphatic rings. The van der Waals surface area contributed by atoms with E-state index in [9.17, 15) is 4.39 Å². The second kappa shape index (κ2) is 6.04. The summed E-state index contributed by atoms with van der Waals surface area (Å²) in [4.78, 5) is 0. The van der Waals surface area contributed by atoms with Gasteiger partial charge in [-0.05, 0) is 44.4 Å². The highest BCUT2D eigenvalue weighted by atomic mass is 79.9. The largest absolute Gasteiger partial charge is 0.379 e. The van der Waals surface area contributed by atoms with E-state index in [4.69, 9.17) is 11.6 Å². The number of halogens is 3. The third-order valence-electron chi connectivity index (χ3n) is 3.34. The van der Waals surface area contributed by atoms with Crippen LogP contribution >= 0.6 is 27.5 Å². The van der Waals surface area contributed by atoms with Crippen molar-refractivity contribution in [3.63, 3.8) is 0 Å². The number of fused-ring (bicyclic) bond motifs is 1. The number of anilines is 1. The molecule has 3 aromatic carbocycles. The summed E-state index contributed by atoms with van der Waals surface area (Å²) in [6, 6.07) is 17.1. The average molecular weight is 365 g/mol. The molecule has 3 aromatic rings. The topological polar surface area (TPSA) is 12.0 Å². The zero-order valence-corrected chi connectivity index (χ0v) is 13.4. The summed E-state index contributed by atoms with van der Waals surface area (Å²) in [7, 11) is 0. The van der Waals surface area contributed by atoms with Crippen LogP contribution in [0.2, 0.25) is 5.02 Å². The molecule has 106 valence electrons. The molecule has 1 N–H and O–H groups in total. The Morgan fingerprint density at radius 1 is 1.05 bits per heavy atom. The van der Waals surface area contributed by atoms with Crippen molar-refractivity contribution in [2.45, 2.75) is 6.54 Å². The van der Waals surface area contributed by atoms with Gasteiger partial charge in [-0.25, -0.2) is 4.39 Å². The summed E-state index contributed by atoms with van der Waals surface area (Å²) in [5.74, 6) is -0.359. The molecule has 0 bridgehead atoms. The summed E-state index contributed by atoms with van der Waals surface area (Å²) in [5.41, 5.74) is 1.87. The molecule has 0 spiro atoms. The number of hydrogen-bond acceptors (Lipinski definition) is 1. The highest BCUT2D eigenvalue weighted by molar-refractivity contribution is 9.10. The predicted octanol–water partition coefficient (Wildman–Crippen LogP) is 6.01. The van der Waals surface area contributed by atoms with E-state index in [-0.39, 0.29) is 5.82 Å². The minimum atomic E-state index is -0.359. The summed E-state index contributed by atoms with van der Waals surface area (Å²) in [6.45, 7) is 0.616. The second-order valence-electron chi connectivity index (χ2n) is 4.74. The van der Waals surface area contributed by atoms with E-state index in [2.05, 4.69) is 45.5 Å². The zero-order valence-electron chi connectivity index (χ0n) is 11.0. The van der Waals surface area contributed by atoms with Crippen LogP contribution in [-0.2, 0) is 6.54 Å². The third-order valence-corrected chi connectivity index (χ3v) is 4.27. The molecule has 0 aliphatic carbocycles. The first-order valence-corrected chi connectivity index (χ1v) is 7.67. The standard InChI is InChI=1S/C17H12BrClFN/c18-15-8-13(20)9-16(19)17(15)21-10-12-6-3-5-11-4-1-2-7-14(11)12/h1-9,21H,10H2. The molecule has 0 aliphatic heterocycles. The van der Waals surface area contributed by atoms with Crippen LogP contribution in [0.4, 0.5) is 10.1 Å². The summed E-state index contributed by atoms with van der Waals surface area (Å²) in [5, 5.41) is 6.03. The van der Waals surface area contributed by atoms with Gasteiger partial charge in [0, 0.05) is 11.0 Å². The van der Waals surface area contributed by atoms with Gasteiger partial charge in [-0.3, -0.25) is 0 Å². The lowest BCUT2D eigenvalue weighted by Gasteiger charge is -2.12. The molecule has 0 fully saturated rings. The van der Waals surface area contributed by atoms with Gasteiger partial charge < -0.3 is 5.32 Å². The van der Waals surface area contributed by atoms with Gasteiger partial charge in [-0.1, -0.05) is 54.1 Å². The Bertz CT molecular complexity index is 775. The van der Waals surface area contributed by atoms with Gasteiger partial charge in [-0.15, -0.1) is 0 Å². The fourth-order valence-corrected chi connectivity index (χ4v) is 3.30. The SMILES string of the molecule is Fc1cc(Cl)c(NCc2cccc3ccccc23)c(Br)c1. The van der Waals surface area contributed by atoms with Crippen molar-refractivity contribution in [3.8, 4) is 0 Å². The zero-order chi connectivity index (χ0) is 14.8. The Labute approximate surface area is 135 Å². The maximum Gasteiger partial charge on any atom is 0.125 e. The first-order valence-electron chi connectivity index (χ1n) is 6.50. The maximum absolute atomic E-state index is 13.2. The summed E-state index contributed by atoms with van der Waals surface area (Å²) in [6.07, 6.45) is 0. The number of hydrogen-bond donors (Lipinski definition) is 1. The first kappa shape index (κ1) is 14.4. The van der Waals surface area contributed by atoms with E-state index in [1.54, 1.807) is 0 Å². The molecule has 0 heterocycles. The fourth-order valence-electron chi connectivity index (χ4n) is 2.34. The van der Waals surface area contributed by atoms with E-state index in [1.807, 2.05) is 18.2 Å². The second-order valence-corrected chi connectivity index (χ2v) is 6.00. The lowest BCUT2D eigenvalue weighted by Crippen LogP contribution is -2.02. The van der Waals surface area contributed by atoms with Crippen LogP contribution in [0.15, 0.2) is 59.1 Å². The summed E-state index contributed by atoms with van der Waals surface area (Å²) >= 11 is 9.42. The van der Waals surface area contributed by atoms with Crippen molar-refractivity contribution >= 4 is 44.0 Å². The van der Waals surface area contributed by atoms with E-state index in [0.717, 1.165) is 0 Å². The van der Waals surface area contributed by atoms with Gasteiger partial charge in [0.15, 0.2) is 0 Å². The van der Waals surface area contributed by atoms with Gasteiger partial charge in [0.05, 0.1) is 10.7 Å². The van der Waals surface area contributed by atoms with E-state index in [0.29, 0.717) is 21.7 Å². The normalized spacial score (nSPS) is 10.8. The minimum Gasteiger partial charge on any atom is -0.379 e. The van der Waals surface area contributed by atoms with Crippen molar-refractivity contribution in [2.75, 3.05) is 5.32 Å². The van der Waals surface area contributed by atoms with Gasteiger partial charge in [0.1, 0.15) is 5.82 Å². The van der Waals surface area contributed by atoms with Crippen molar-refractivity contribution in [1.82, 2.24) is 0 Å². The van der Waals surface area contributed by atoms with Gasteiger partial charge in [-0.2, -0.15) is 0 Å². The van der Waals surface area contributed by atoms with E-state index < -0.39 is 0 Å². The molecular formula is C17H12BrClFN. The molecule has 3 rings (SSSR count). The summed E-state index contributed by atoms with van der Waals surface area (Å²) < 4.78 is 13.9. The van der Waals surface area contributed by atoms with Crippen LogP contribution < -0.4 is 5.32 Å². The molecule has 0 radical (unpaired) electrons.